The fourth-order valence-electron chi connectivity index (χ4n) is 0.581. The summed E-state index contributed by atoms with van der Waals surface area (Å²) in [6.45, 7) is 0. The summed E-state index contributed by atoms with van der Waals surface area (Å²) in [5, 5.41) is 0. The Balaban J connectivity index is 2.62. The first-order chi connectivity index (χ1) is 4.20. The van der Waals surface area contributed by atoms with Crippen molar-refractivity contribution in [3.8, 4) is 0 Å². The molecule has 4 heteroatoms. The third kappa shape index (κ3) is 1.38. The van der Waals surface area contributed by atoms with Crippen LogP contribution in [0.5, 0.6) is 0 Å². The van der Waals surface area contributed by atoms with E-state index in [1.807, 2.05) is 11.9 Å². The molecular weight excluding hydrogens is 136 g/mol. The molecule has 0 aromatic carbocycles. The number of thioether (sulfide) groups is 1. The van der Waals surface area contributed by atoms with Gasteiger partial charge in [0.1, 0.15) is 0 Å². The Kier molecular flexibility index (Phi) is 1.66. The molecule has 0 unspecified atom stereocenters. The van der Waals surface area contributed by atoms with Crippen LogP contribution in [0.3, 0.4) is 0 Å². The van der Waals surface area contributed by atoms with Crippen LogP contribution in [0.2, 0.25) is 0 Å². The number of amides is 1. The molecule has 0 fully saturated rings. The fraction of sp³-hybridized carbons (Fsp3) is 0.400. The Bertz CT molecular complexity index is 166. The summed E-state index contributed by atoms with van der Waals surface area (Å²) < 4.78 is 0. The van der Waals surface area contributed by atoms with E-state index in [2.05, 4.69) is 0 Å². The molecule has 50 valence electrons. The van der Waals surface area contributed by atoms with Crippen molar-refractivity contribution in [2.45, 2.75) is 0 Å². The highest BCUT2D eigenvalue weighted by molar-refractivity contribution is 8.04. The molecule has 1 aliphatic heterocycles. The highest BCUT2D eigenvalue weighted by Crippen LogP contribution is 2.22. The Labute approximate surface area is 57.9 Å². The monoisotopic (exact) mass is 144 g/mol. The van der Waals surface area contributed by atoms with Crippen molar-refractivity contribution in [2.24, 2.45) is 5.73 Å². The lowest BCUT2D eigenvalue weighted by Gasteiger charge is -2.01. The number of carbonyl (C=O) groups excluding carboxylic acids is 1. The van der Waals surface area contributed by atoms with Crippen LogP contribution in [0.25, 0.3) is 0 Å². The molecule has 0 saturated carbocycles. The molecule has 1 heterocycles. The summed E-state index contributed by atoms with van der Waals surface area (Å²) in [4.78, 5) is 13.0. The summed E-state index contributed by atoms with van der Waals surface area (Å²) in [6.07, 6.45) is 1.76. The molecule has 1 aliphatic rings. The average Bonchev–Trinajstić information content (AvgIpc) is 2.14. The highest BCUT2D eigenvalue weighted by atomic mass is 32.2. The van der Waals surface area contributed by atoms with E-state index in [1.165, 1.54) is 11.8 Å². The molecule has 1 amide bonds. The summed E-state index contributed by atoms with van der Waals surface area (Å²) in [5.74, 6) is 0.502. The van der Waals surface area contributed by atoms with E-state index in [-0.39, 0.29) is 5.91 Å². The first kappa shape index (κ1) is 6.48. The number of primary amides is 1. The minimum Gasteiger partial charge on any atom is -0.370 e. The van der Waals surface area contributed by atoms with E-state index in [1.54, 1.807) is 6.20 Å². The normalized spacial score (nSPS) is 17.9. The second-order valence-electron chi connectivity index (χ2n) is 1.89. The van der Waals surface area contributed by atoms with Gasteiger partial charge in [0.2, 0.25) is 0 Å². The van der Waals surface area contributed by atoms with Gasteiger partial charge in [-0.25, -0.2) is 0 Å². The lowest BCUT2D eigenvalue weighted by atomic mass is 10.5. The van der Waals surface area contributed by atoms with E-state index in [0.29, 0.717) is 4.91 Å². The maximum absolute atomic E-state index is 10.5. The van der Waals surface area contributed by atoms with Crippen molar-refractivity contribution in [1.82, 2.24) is 4.90 Å². The summed E-state index contributed by atoms with van der Waals surface area (Å²) in [6, 6.07) is 0. The van der Waals surface area contributed by atoms with E-state index >= 15 is 0 Å². The van der Waals surface area contributed by atoms with Crippen LogP contribution in [-0.4, -0.2) is 23.7 Å². The Hall–Kier alpha value is -0.640. The number of nitrogens with zero attached hydrogens (tertiary/aromatic N) is 1. The van der Waals surface area contributed by atoms with Gasteiger partial charge in [-0.2, -0.15) is 0 Å². The molecule has 0 aliphatic carbocycles. The molecule has 0 aromatic heterocycles. The number of carbonyl (C=O) groups is 1. The van der Waals surface area contributed by atoms with Gasteiger partial charge in [-0.05, 0) is 0 Å². The van der Waals surface area contributed by atoms with Crippen LogP contribution in [0.15, 0.2) is 11.1 Å². The highest BCUT2D eigenvalue weighted by Gasteiger charge is 2.12. The number of nitrogens with two attached hydrogens (primary N) is 1. The van der Waals surface area contributed by atoms with Crippen LogP contribution < -0.4 is 5.73 Å². The average molecular weight is 144 g/mol. The lowest BCUT2D eigenvalue weighted by Crippen LogP contribution is -2.10. The molecule has 2 N–H and O–H groups in total. The number of hydrogen-bond donors (Lipinski definition) is 1. The third-order valence-electron chi connectivity index (χ3n) is 1.00. The van der Waals surface area contributed by atoms with Gasteiger partial charge in [-0.1, -0.05) is 11.8 Å². The van der Waals surface area contributed by atoms with Gasteiger partial charge in [-0.3, -0.25) is 4.79 Å². The van der Waals surface area contributed by atoms with Crippen molar-refractivity contribution < 1.29 is 4.79 Å². The molecule has 0 atom stereocenters. The van der Waals surface area contributed by atoms with Gasteiger partial charge in [0.25, 0.3) is 5.91 Å². The van der Waals surface area contributed by atoms with Crippen LogP contribution in [0.1, 0.15) is 0 Å². The zero-order valence-corrected chi connectivity index (χ0v) is 5.94. The molecule has 1 rings (SSSR count). The summed E-state index contributed by atoms with van der Waals surface area (Å²) >= 11 is 1.47. The van der Waals surface area contributed by atoms with Crippen molar-refractivity contribution in [1.29, 1.82) is 0 Å². The topological polar surface area (TPSA) is 46.3 Å². The molecular formula is C5H8N2OS. The first-order valence-electron chi connectivity index (χ1n) is 2.55. The fourth-order valence-corrected chi connectivity index (χ4v) is 1.39. The SMILES string of the molecule is CN1C=C(C(N)=O)SC1. The molecule has 3 nitrogen and oxygen atoms in total. The third-order valence-corrected chi connectivity index (χ3v) is 2.16. The quantitative estimate of drug-likeness (QED) is 0.561. The van der Waals surface area contributed by atoms with Crippen molar-refractivity contribution in [3.05, 3.63) is 11.1 Å². The minimum atomic E-state index is -0.329. The zero-order valence-electron chi connectivity index (χ0n) is 5.13. The standard InChI is InChI=1S/C5H8N2OS/c1-7-2-4(5(6)8)9-3-7/h2H,3H2,1H3,(H2,6,8). The summed E-state index contributed by atoms with van der Waals surface area (Å²) in [5.41, 5.74) is 5.01. The van der Waals surface area contributed by atoms with E-state index in [4.69, 9.17) is 5.73 Å². The van der Waals surface area contributed by atoms with Crippen LogP contribution in [0.4, 0.5) is 0 Å². The van der Waals surface area contributed by atoms with Crippen molar-refractivity contribution in [2.75, 3.05) is 12.9 Å². The Morgan fingerprint density at radius 1 is 2.00 bits per heavy atom. The van der Waals surface area contributed by atoms with E-state index in [0.717, 1.165) is 5.88 Å². The second-order valence-corrected chi connectivity index (χ2v) is 2.87. The van der Waals surface area contributed by atoms with Crippen LogP contribution >= 0.6 is 11.8 Å². The molecule has 0 bridgehead atoms. The van der Waals surface area contributed by atoms with Gasteiger partial charge in [0.15, 0.2) is 0 Å². The molecule has 0 saturated heterocycles. The maximum Gasteiger partial charge on any atom is 0.256 e. The largest absolute Gasteiger partial charge is 0.370 e. The first-order valence-corrected chi connectivity index (χ1v) is 3.53. The predicted molar refractivity (Wildman–Crippen MR) is 37.5 cm³/mol. The van der Waals surface area contributed by atoms with E-state index < -0.39 is 0 Å². The van der Waals surface area contributed by atoms with Crippen molar-refractivity contribution in [3.63, 3.8) is 0 Å². The predicted octanol–water partition coefficient (Wildman–Crippen LogP) is -0.0508. The van der Waals surface area contributed by atoms with E-state index in [9.17, 15) is 4.79 Å². The summed E-state index contributed by atoms with van der Waals surface area (Å²) in [7, 11) is 1.91. The van der Waals surface area contributed by atoms with Crippen LogP contribution in [0, 0.1) is 0 Å². The second kappa shape index (κ2) is 2.31. The molecule has 0 spiro atoms. The van der Waals surface area contributed by atoms with Crippen LogP contribution in [-0.2, 0) is 4.79 Å². The lowest BCUT2D eigenvalue weighted by molar-refractivity contribution is -0.113. The smallest absolute Gasteiger partial charge is 0.256 e. The van der Waals surface area contributed by atoms with Gasteiger partial charge in [0.05, 0.1) is 10.8 Å². The zero-order chi connectivity index (χ0) is 6.85. The molecule has 0 radical (unpaired) electrons. The van der Waals surface area contributed by atoms with Gasteiger partial charge in [-0.15, -0.1) is 0 Å². The van der Waals surface area contributed by atoms with Gasteiger partial charge < -0.3 is 10.6 Å². The Morgan fingerprint density at radius 3 is 2.89 bits per heavy atom. The Morgan fingerprint density at radius 2 is 2.67 bits per heavy atom. The molecule has 0 aromatic rings. The van der Waals surface area contributed by atoms with Gasteiger partial charge >= 0.3 is 0 Å². The maximum atomic E-state index is 10.5. The number of hydrogen-bond acceptors (Lipinski definition) is 3. The number of rotatable bonds is 1. The van der Waals surface area contributed by atoms with Gasteiger partial charge in [0, 0.05) is 13.2 Å². The minimum absolute atomic E-state index is 0.329. The van der Waals surface area contributed by atoms with Crippen molar-refractivity contribution >= 4 is 17.7 Å². The molecule has 9 heavy (non-hydrogen) atoms.